The number of phenolic OH excluding ortho intramolecular Hbond substituents is 1. The lowest BCUT2D eigenvalue weighted by Crippen LogP contribution is -1.92. The minimum atomic E-state index is -0.748. The molecule has 0 atom stereocenters. The van der Waals surface area contributed by atoms with Gasteiger partial charge in [-0.3, -0.25) is 4.79 Å². The van der Waals surface area contributed by atoms with Crippen LogP contribution in [-0.2, 0) is 0 Å². The Morgan fingerprint density at radius 1 is 1.58 bits per heavy atom. The van der Waals surface area contributed by atoms with Crippen LogP contribution in [-0.4, -0.2) is 10.3 Å². The Kier molecular flexibility index (Phi) is 2.32. The molecule has 3 nitrogen and oxygen atoms in total. The highest BCUT2D eigenvalue weighted by Gasteiger charge is 2.08. The molecular weight excluding hydrogens is 178 g/mol. The van der Waals surface area contributed by atoms with Gasteiger partial charge in [-0.05, 0) is 29.8 Å². The third kappa shape index (κ3) is 1.55. The maximum atomic E-state index is 10.7. The summed E-state index contributed by atoms with van der Waals surface area (Å²) in [5, 5.41) is 16.7. The highest BCUT2D eigenvalue weighted by atomic mass is 35.5. The van der Waals surface area contributed by atoms with E-state index in [9.17, 15) is 4.79 Å². The second-order valence-corrected chi connectivity index (χ2v) is 2.46. The number of carbonyl (C=O) groups excluding carboxylic acids is 1. The first kappa shape index (κ1) is 8.57. The standard InChI is InChI=1S/C8H4ClNO2/c9-8(12)7-3-6(11)2-1-5(7)4-10/h1-3,11H. The molecule has 0 aliphatic carbocycles. The molecule has 0 spiro atoms. The summed E-state index contributed by atoms with van der Waals surface area (Å²) in [5.74, 6) is -0.0852. The van der Waals surface area contributed by atoms with Crippen molar-refractivity contribution in [2.75, 3.05) is 0 Å². The molecule has 0 fully saturated rings. The highest BCUT2D eigenvalue weighted by Crippen LogP contribution is 2.17. The van der Waals surface area contributed by atoms with E-state index in [-0.39, 0.29) is 16.9 Å². The first-order valence-corrected chi connectivity index (χ1v) is 3.46. The van der Waals surface area contributed by atoms with Crippen LogP contribution in [0, 0.1) is 11.3 Å². The van der Waals surface area contributed by atoms with E-state index in [1.165, 1.54) is 12.1 Å². The second-order valence-electron chi connectivity index (χ2n) is 2.12. The quantitative estimate of drug-likeness (QED) is 0.670. The van der Waals surface area contributed by atoms with Crippen molar-refractivity contribution in [1.82, 2.24) is 0 Å². The third-order valence-electron chi connectivity index (χ3n) is 1.34. The predicted octanol–water partition coefficient (Wildman–Crippen LogP) is 1.64. The molecule has 0 aliphatic heterocycles. The van der Waals surface area contributed by atoms with Crippen molar-refractivity contribution in [2.45, 2.75) is 0 Å². The van der Waals surface area contributed by atoms with Crippen molar-refractivity contribution >= 4 is 16.8 Å². The van der Waals surface area contributed by atoms with Crippen molar-refractivity contribution in [3.63, 3.8) is 0 Å². The average Bonchev–Trinajstić information content (AvgIpc) is 2.04. The molecule has 1 rings (SSSR count). The van der Waals surface area contributed by atoms with Gasteiger partial charge >= 0.3 is 0 Å². The summed E-state index contributed by atoms with van der Waals surface area (Å²) in [5.41, 5.74) is 0.187. The number of aromatic hydroxyl groups is 1. The first-order valence-electron chi connectivity index (χ1n) is 3.08. The van der Waals surface area contributed by atoms with Crippen LogP contribution in [0.4, 0.5) is 0 Å². The SMILES string of the molecule is N#Cc1ccc(O)cc1C(=O)Cl. The van der Waals surface area contributed by atoms with E-state index in [4.69, 9.17) is 22.0 Å². The Balaban J connectivity index is 3.34. The van der Waals surface area contributed by atoms with Crippen LogP contribution >= 0.6 is 11.6 Å². The lowest BCUT2D eigenvalue weighted by Gasteiger charge is -1.97. The maximum Gasteiger partial charge on any atom is 0.253 e. The minimum absolute atomic E-state index is 0.0270. The number of carbonyl (C=O) groups is 1. The van der Waals surface area contributed by atoms with Crippen molar-refractivity contribution in [3.8, 4) is 11.8 Å². The lowest BCUT2D eigenvalue weighted by atomic mass is 10.1. The summed E-state index contributed by atoms with van der Waals surface area (Å²) >= 11 is 5.16. The van der Waals surface area contributed by atoms with Crippen LogP contribution in [0.15, 0.2) is 18.2 Å². The molecule has 0 aromatic heterocycles. The van der Waals surface area contributed by atoms with E-state index in [1.807, 2.05) is 0 Å². The Hall–Kier alpha value is -1.53. The average molecular weight is 182 g/mol. The molecule has 0 saturated carbocycles. The van der Waals surface area contributed by atoms with Gasteiger partial charge in [0, 0.05) is 0 Å². The Labute approximate surface area is 73.8 Å². The van der Waals surface area contributed by atoms with Crippen molar-refractivity contribution in [3.05, 3.63) is 29.3 Å². The van der Waals surface area contributed by atoms with Gasteiger partial charge in [0.2, 0.25) is 0 Å². The van der Waals surface area contributed by atoms with Gasteiger partial charge in [-0.1, -0.05) is 0 Å². The number of nitrogens with zero attached hydrogens (tertiary/aromatic N) is 1. The number of nitriles is 1. The number of rotatable bonds is 1. The van der Waals surface area contributed by atoms with Gasteiger partial charge < -0.3 is 5.11 Å². The number of hydrogen-bond donors (Lipinski definition) is 1. The molecule has 0 heterocycles. The van der Waals surface area contributed by atoms with Crippen LogP contribution in [0.2, 0.25) is 0 Å². The van der Waals surface area contributed by atoms with Crippen LogP contribution in [0.25, 0.3) is 0 Å². The smallest absolute Gasteiger partial charge is 0.253 e. The van der Waals surface area contributed by atoms with Crippen LogP contribution in [0.5, 0.6) is 5.75 Å². The number of phenols is 1. The summed E-state index contributed by atoms with van der Waals surface area (Å²) in [6.45, 7) is 0. The minimum Gasteiger partial charge on any atom is -0.508 e. The molecular formula is C8H4ClNO2. The van der Waals surface area contributed by atoms with E-state index < -0.39 is 5.24 Å². The fraction of sp³-hybridized carbons (Fsp3) is 0. The number of halogens is 1. The molecule has 12 heavy (non-hydrogen) atoms. The number of hydrogen-bond acceptors (Lipinski definition) is 3. The van der Waals surface area contributed by atoms with Gasteiger partial charge in [0.25, 0.3) is 5.24 Å². The predicted molar refractivity (Wildman–Crippen MR) is 43.0 cm³/mol. The first-order chi connectivity index (χ1) is 5.65. The molecule has 0 bridgehead atoms. The maximum absolute atomic E-state index is 10.7. The van der Waals surface area contributed by atoms with Gasteiger partial charge in [0.15, 0.2) is 0 Å². The Morgan fingerprint density at radius 3 is 2.75 bits per heavy atom. The zero-order valence-electron chi connectivity index (χ0n) is 5.91. The molecule has 0 saturated heterocycles. The van der Waals surface area contributed by atoms with Gasteiger partial charge in [0.05, 0.1) is 17.2 Å². The molecule has 4 heteroatoms. The topological polar surface area (TPSA) is 61.1 Å². The number of benzene rings is 1. The van der Waals surface area contributed by atoms with E-state index in [1.54, 1.807) is 6.07 Å². The van der Waals surface area contributed by atoms with Gasteiger partial charge in [-0.2, -0.15) is 5.26 Å². The van der Waals surface area contributed by atoms with E-state index >= 15 is 0 Å². The summed E-state index contributed by atoms with van der Waals surface area (Å²) in [4.78, 5) is 10.7. The largest absolute Gasteiger partial charge is 0.508 e. The highest BCUT2D eigenvalue weighted by molar-refractivity contribution is 6.68. The van der Waals surface area contributed by atoms with E-state index in [0.29, 0.717) is 0 Å². The van der Waals surface area contributed by atoms with Crippen molar-refractivity contribution in [1.29, 1.82) is 5.26 Å². The van der Waals surface area contributed by atoms with E-state index in [2.05, 4.69) is 0 Å². The van der Waals surface area contributed by atoms with Crippen molar-refractivity contribution < 1.29 is 9.90 Å². The third-order valence-corrected chi connectivity index (χ3v) is 1.54. The fourth-order valence-corrected chi connectivity index (χ4v) is 0.949. The van der Waals surface area contributed by atoms with Gasteiger partial charge in [0.1, 0.15) is 5.75 Å². The monoisotopic (exact) mass is 181 g/mol. The summed E-state index contributed by atoms with van der Waals surface area (Å²) in [7, 11) is 0. The Bertz CT molecular complexity index is 368. The van der Waals surface area contributed by atoms with E-state index in [0.717, 1.165) is 6.07 Å². The lowest BCUT2D eigenvalue weighted by molar-refractivity contribution is 0.108. The van der Waals surface area contributed by atoms with Gasteiger partial charge in [-0.25, -0.2) is 0 Å². The summed E-state index contributed by atoms with van der Waals surface area (Å²) < 4.78 is 0. The molecule has 0 aliphatic rings. The zero-order chi connectivity index (χ0) is 9.14. The molecule has 0 amide bonds. The van der Waals surface area contributed by atoms with Crippen LogP contribution < -0.4 is 0 Å². The molecule has 1 aromatic carbocycles. The summed E-state index contributed by atoms with van der Waals surface area (Å²) in [6, 6.07) is 5.61. The Morgan fingerprint density at radius 2 is 2.25 bits per heavy atom. The summed E-state index contributed by atoms with van der Waals surface area (Å²) in [6.07, 6.45) is 0. The van der Waals surface area contributed by atoms with Crippen LogP contribution in [0.1, 0.15) is 15.9 Å². The zero-order valence-corrected chi connectivity index (χ0v) is 6.67. The fourth-order valence-electron chi connectivity index (χ4n) is 0.792. The molecule has 60 valence electrons. The molecule has 1 aromatic rings. The van der Waals surface area contributed by atoms with Crippen LogP contribution in [0.3, 0.4) is 0 Å². The molecule has 0 unspecified atom stereocenters. The van der Waals surface area contributed by atoms with Crippen molar-refractivity contribution in [2.24, 2.45) is 0 Å². The molecule has 1 N–H and O–H groups in total. The second kappa shape index (κ2) is 3.24. The normalized spacial score (nSPS) is 9.00. The molecule has 0 radical (unpaired) electrons. The van der Waals surface area contributed by atoms with Gasteiger partial charge in [-0.15, -0.1) is 0 Å².